The first kappa shape index (κ1) is 24.5. The van der Waals surface area contributed by atoms with Crippen LogP contribution in [0, 0.1) is 18.7 Å². The van der Waals surface area contributed by atoms with Crippen molar-refractivity contribution in [3.63, 3.8) is 0 Å². The number of carbonyl (C=O) groups is 1. The van der Waals surface area contributed by atoms with Crippen LogP contribution in [0.3, 0.4) is 0 Å². The molecule has 7 nitrogen and oxygen atoms in total. The van der Waals surface area contributed by atoms with Gasteiger partial charge in [-0.1, -0.05) is 29.8 Å². The molecule has 3 aliphatic heterocycles. The number of carbonyl (C=O) groups excluding carboxylic acids is 1. The molecule has 2 bridgehead atoms. The van der Waals surface area contributed by atoms with Gasteiger partial charge in [0.05, 0.1) is 9.77 Å². The van der Waals surface area contributed by atoms with Crippen LogP contribution < -0.4 is 5.32 Å². The van der Waals surface area contributed by atoms with Crippen LogP contribution in [0.5, 0.6) is 0 Å². The molecule has 1 amide bonds. The van der Waals surface area contributed by atoms with Crippen molar-refractivity contribution in [2.24, 2.45) is 5.92 Å². The van der Waals surface area contributed by atoms with Gasteiger partial charge in [0.15, 0.2) is 5.01 Å². The standard InChI is InChI=1S/C17H18FN3OS.C7H8O3S/c18-13-3-1-2-12(8-13)15-9-19-17(23-15)16(22)20-14-10-21-6-4-11(14)5-7-21;1-6-2-4-7(5-3-6)11(8,9)10/h1-3,8-9,11,14H,4-7,10H2,(H,20,22);2-5H,1H3,(H,8,9,10)/t14-;/m0./s1. The van der Waals surface area contributed by atoms with E-state index >= 15 is 0 Å². The van der Waals surface area contributed by atoms with Gasteiger partial charge < -0.3 is 10.2 Å². The van der Waals surface area contributed by atoms with Crippen LogP contribution in [0.4, 0.5) is 4.39 Å². The van der Waals surface area contributed by atoms with Crippen LogP contribution in [-0.4, -0.2) is 54.4 Å². The van der Waals surface area contributed by atoms with Gasteiger partial charge in [0, 0.05) is 18.8 Å². The van der Waals surface area contributed by atoms with Crippen LogP contribution in [0.1, 0.15) is 28.2 Å². The molecule has 1 atom stereocenters. The van der Waals surface area contributed by atoms with Gasteiger partial charge in [-0.3, -0.25) is 9.35 Å². The number of hydrogen-bond acceptors (Lipinski definition) is 6. The Morgan fingerprint density at radius 2 is 1.88 bits per heavy atom. The summed E-state index contributed by atoms with van der Waals surface area (Å²) in [4.78, 5) is 19.8. The molecular weight excluding hydrogens is 477 g/mol. The number of aryl methyl sites for hydroxylation is 1. The van der Waals surface area contributed by atoms with Gasteiger partial charge in [-0.15, -0.1) is 11.3 Å². The van der Waals surface area contributed by atoms with Crippen LogP contribution in [-0.2, 0) is 10.1 Å². The number of nitrogens with zero attached hydrogens (tertiary/aromatic N) is 2. The Balaban J connectivity index is 0.000000210. The molecule has 3 aromatic rings. The molecule has 4 heterocycles. The SMILES string of the molecule is Cc1ccc(S(=O)(=O)O)cc1.O=C(N[C@H]1CN2CCC1CC2)c1ncc(-c2cccc(F)c2)s1. The zero-order chi connectivity index (χ0) is 24.3. The van der Waals surface area contributed by atoms with Gasteiger partial charge in [-0.25, -0.2) is 9.37 Å². The van der Waals surface area contributed by atoms with E-state index in [1.165, 1.54) is 35.6 Å². The van der Waals surface area contributed by atoms with E-state index in [0.29, 0.717) is 10.9 Å². The largest absolute Gasteiger partial charge is 0.346 e. The first-order chi connectivity index (χ1) is 16.2. The smallest absolute Gasteiger partial charge is 0.294 e. The minimum Gasteiger partial charge on any atom is -0.346 e. The van der Waals surface area contributed by atoms with Crippen molar-refractivity contribution in [2.75, 3.05) is 19.6 Å². The molecule has 0 aliphatic carbocycles. The quantitative estimate of drug-likeness (QED) is 0.522. The highest BCUT2D eigenvalue weighted by molar-refractivity contribution is 7.85. The second-order valence-corrected chi connectivity index (χ2v) is 11.0. The number of amides is 1. The fourth-order valence-electron chi connectivity index (χ4n) is 4.22. The van der Waals surface area contributed by atoms with Crippen LogP contribution >= 0.6 is 11.3 Å². The van der Waals surface area contributed by atoms with Crippen molar-refractivity contribution in [3.8, 4) is 10.4 Å². The van der Waals surface area contributed by atoms with Crippen LogP contribution in [0.2, 0.25) is 0 Å². The Labute approximate surface area is 202 Å². The Hall–Kier alpha value is -2.66. The number of rotatable bonds is 4. The van der Waals surface area contributed by atoms with Crippen molar-refractivity contribution in [3.05, 3.63) is 71.1 Å². The number of halogens is 1. The number of aromatic nitrogens is 1. The zero-order valence-corrected chi connectivity index (χ0v) is 20.3. The molecule has 0 unspecified atom stereocenters. The normalized spacial score (nSPS) is 21.4. The monoisotopic (exact) mass is 503 g/mol. The topological polar surface area (TPSA) is 99.6 Å². The molecule has 6 rings (SSSR count). The van der Waals surface area contributed by atoms with Crippen molar-refractivity contribution >= 4 is 27.4 Å². The van der Waals surface area contributed by atoms with Gasteiger partial charge in [0.2, 0.25) is 0 Å². The molecule has 34 heavy (non-hydrogen) atoms. The van der Waals surface area contributed by atoms with Crippen LogP contribution in [0.15, 0.2) is 59.6 Å². The highest BCUT2D eigenvalue weighted by atomic mass is 32.2. The number of benzene rings is 2. The highest BCUT2D eigenvalue weighted by Crippen LogP contribution is 2.29. The lowest BCUT2D eigenvalue weighted by Gasteiger charge is -2.44. The molecule has 0 radical (unpaired) electrons. The minimum atomic E-state index is -4.02. The average molecular weight is 504 g/mol. The second-order valence-electron chi connectivity index (χ2n) is 8.55. The summed E-state index contributed by atoms with van der Waals surface area (Å²) in [5.74, 6) is 0.192. The lowest BCUT2D eigenvalue weighted by atomic mass is 9.84. The zero-order valence-electron chi connectivity index (χ0n) is 18.6. The number of piperidine rings is 3. The van der Waals surface area contributed by atoms with E-state index < -0.39 is 10.1 Å². The minimum absolute atomic E-state index is 0.0666. The van der Waals surface area contributed by atoms with Crippen molar-refractivity contribution in [2.45, 2.75) is 30.7 Å². The summed E-state index contributed by atoms with van der Waals surface area (Å²) in [6, 6.07) is 12.6. The molecule has 1 aromatic heterocycles. The van der Waals surface area contributed by atoms with E-state index in [9.17, 15) is 17.6 Å². The number of nitrogens with one attached hydrogen (secondary N) is 1. The third kappa shape index (κ3) is 6.06. The molecule has 3 fully saturated rings. The highest BCUT2D eigenvalue weighted by Gasteiger charge is 2.35. The lowest BCUT2D eigenvalue weighted by molar-refractivity contribution is 0.0620. The Bertz CT molecular complexity index is 1250. The first-order valence-electron chi connectivity index (χ1n) is 11.0. The second kappa shape index (κ2) is 10.3. The lowest BCUT2D eigenvalue weighted by Crippen LogP contribution is -2.57. The maximum absolute atomic E-state index is 13.3. The van der Waals surface area contributed by atoms with Gasteiger partial charge in [-0.2, -0.15) is 8.42 Å². The van der Waals surface area contributed by atoms with Gasteiger partial charge >= 0.3 is 0 Å². The number of thiazole rings is 1. The van der Waals surface area contributed by atoms with Crippen molar-refractivity contribution in [1.82, 2.24) is 15.2 Å². The predicted octanol–water partition coefficient (Wildman–Crippen LogP) is 4.01. The Kier molecular flexibility index (Phi) is 7.42. The van der Waals surface area contributed by atoms with E-state index in [1.807, 2.05) is 13.0 Å². The fourth-order valence-corrected chi connectivity index (χ4v) is 5.52. The van der Waals surface area contributed by atoms with E-state index in [-0.39, 0.29) is 22.7 Å². The molecule has 2 N–H and O–H groups in total. The Morgan fingerprint density at radius 3 is 2.47 bits per heavy atom. The first-order valence-corrected chi connectivity index (χ1v) is 13.2. The maximum Gasteiger partial charge on any atom is 0.294 e. The van der Waals surface area contributed by atoms with Gasteiger partial charge in [0.25, 0.3) is 16.0 Å². The molecular formula is C24H26FN3O4S2. The van der Waals surface area contributed by atoms with E-state index in [0.717, 1.165) is 48.5 Å². The summed E-state index contributed by atoms with van der Waals surface area (Å²) in [5.41, 5.74) is 1.71. The molecule has 180 valence electrons. The van der Waals surface area contributed by atoms with E-state index in [4.69, 9.17) is 4.55 Å². The molecule has 3 aliphatic rings. The Morgan fingerprint density at radius 1 is 1.18 bits per heavy atom. The van der Waals surface area contributed by atoms with Crippen molar-refractivity contribution in [1.29, 1.82) is 0 Å². The number of hydrogen-bond donors (Lipinski definition) is 2. The summed E-state index contributed by atoms with van der Waals surface area (Å²) >= 11 is 1.31. The van der Waals surface area contributed by atoms with E-state index in [1.54, 1.807) is 24.4 Å². The summed E-state index contributed by atoms with van der Waals surface area (Å²) in [5, 5.41) is 3.58. The fraction of sp³-hybridized carbons (Fsp3) is 0.333. The molecule has 2 aromatic carbocycles. The number of fused-ring (bicyclic) bond motifs is 3. The summed E-state index contributed by atoms with van der Waals surface area (Å²) in [7, 11) is -4.02. The molecule has 3 saturated heterocycles. The molecule has 10 heteroatoms. The summed E-state index contributed by atoms with van der Waals surface area (Å²) < 4.78 is 42.9. The summed E-state index contributed by atoms with van der Waals surface area (Å²) in [6.07, 6.45) is 3.97. The van der Waals surface area contributed by atoms with Gasteiger partial charge in [-0.05, 0) is 68.6 Å². The predicted molar refractivity (Wildman–Crippen MR) is 129 cm³/mol. The van der Waals surface area contributed by atoms with E-state index in [2.05, 4.69) is 15.2 Å². The average Bonchev–Trinajstić information content (AvgIpc) is 3.31. The van der Waals surface area contributed by atoms with Crippen LogP contribution in [0.25, 0.3) is 10.4 Å². The maximum atomic E-state index is 13.3. The molecule has 0 saturated carbocycles. The van der Waals surface area contributed by atoms with Gasteiger partial charge in [0.1, 0.15) is 5.82 Å². The summed E-state index contributed by atoms with van der Waals surface area (Å²) in [6.45, 7) is 5.09. The third-order valence-electron chi connectivity index (χ3n) is 6.10. The molecule has 0 spiro atoms. The third-order valence-corrected chi connectivity index (χ3v) is 8.01. The van der Waals surface area contributed by atoms with Crippen molar-refractivity contribution < 1.29 is 22.2 Å².